The van der Waals surface area contributed by atoms with E-state index in [1.165, 1.54) is 18.1 Å². The minimum Gasteiger partial charge on any atom is -0.336 e. The van der Waals surface area contributed by atoms with Gasteiger partial charge in [0.25, 0.3) is 0 Å². The maximum Gasteiger partial charge on any atom is 0.242 e. The Labute approximate surface area is 149 Å². The topological polar surface area (TPSA) is 40.6 Å². The van der Waals surface area contributed by atoms with Crippen molar-refractivity contribution >= 4 is 17.5 Å². The first-order valence-corrected chi connectivity index (χ1v) is 8.65. The molecule has 0 aromatic heterocycles. The minimum atomic E-state index is -0.112. The normalized spacial score (nSPS) is 13.3. The molecule has 2 aromatic rings. The minimum absolute atomic E-state index is 0.00870. The highest BCUT2D eigenvalue weighted by molar-refractivity contribution is 5.98. The molecule has 4 heteroatoms. The molecular weight excluding hydrogens is 312 g/mol. The van der Waals surface area contributed by atoms with Crippen molar-refractivity contribution in [2.75, 3.05) is 18.0 Å². The van der Waals surface area contributed by atoms with Crippen LogP contribution in [0.15, 0.2) is 42.5 Å². The van der Waals surface area contributed by atoms with Gasteiger partial charge in [-0.1, -0.05) is 36.4 Å². The van der Waals surface area contributed by atoms with Gasteiger partial charge in [-0.2, -0.15) is 0 Å². The number of aryl methyl sites for hydroxylation is 2. The third-order valence-electron chi connectivity index (χ3n) is 4.81. The fourth-order valence-electron chi connectivity index (χ4n) is 3.32. The molecular formula is C21H24N2O2. The predicted octanol–water partition coefficient (Wildman–Crippen LogP) is 3.24. The van der Waals surface area contributed by atoms with E-state index in [2.05, 4.69) is 12.1 Å². The zero-order chi connectivity index (χ0) is 18.0. The Balaban J connectivity index is 1.78. The van der Waals surface area contributed by atoms with E-state index < -0.39 is 0 Å². The van der Waals surface area contributed by atoms with Crippen molar-refractivity contribution in [2.24, 2.45) is 0 Å². The highest BCUT2D eigenvalue weighted by atomic mass is 16.2. The SMILES string of the molecule is CC(=O)N(CC(=O)N1CCc2ccccc2C1)c1cc(C)ccc1C. The van der Waals surface area contributed by atoms with Crippen molar-refractivity contribution in [3.8, 4) is 0 Å². The number of carbonyl (C=O) groups is 2. The van der Waals surface area contributed by atoms with Gasteiger partial charge in [-0.05, 0) is 48.6 Å². The lowest BCUT2D eigenvalue weighted by atomic mass is 10.00. The van der Waals surface area contributed by atoms with Crippen LogP contribution in [0.3, 0.4) is 0 Å². The molecule has 1 aliphatic rings. The zero-order valence-corrected chi connectivity index (χ0v) is 15.1. The molecule has 2 amide bonds. The van der Waals surface area contributed by atoms with Crippen LogP contribution in [0.1, 0.15) is 29.2 Å². The number of hydrogen-bond donors (Lipinski definition) is 0. The van der Waals surface area contributed by atoms with Crippen LogP contribution in [-0.4, -0.2) is 29.8 Å². The van der Waals surface area contributed by atoms with E-state index in [1.807, 2.05) is 49.1 Å². The molecule has 0 N–H and O–H groups in total. The average molecular weight is 336 g/mol. The molecule has 0 aliphatic carbocycles. The fourth-order valence-corrected chi connectivity index (χ4v) is 3.32. The summed E-state index contributed by atoms with van der Waals surface area (Å²) < 4.78 is 0. The summed E-state index contributed by atoms with van der Waals surface area (Å²) in [6, 6.07) is 14.2. The summed E-state index contributed by atoms with van der Waals surface area (Å²) >= 11 is 0. The lowest BCUT2D eigenvalue weighted by Crippen LogP contribution is -2.44. The van der Waals surface area contributed by atoms with E-state index >= 15 is 0 Å². The van der Waals surface area contributed by atoms with Crippen molar-refractivity contribution in [2.45, 2.75) is 33.7 Å². The number of fused-ring (bicyclic) bond motifs is 1. The summed E-state index contributed by atoms with van der Waals surface area (Å²) in [5, 5.41) is 0. The van der Waals surface area contributed by atoms with Crippen molar-refractivity contribution in [3.05, 3.63) is 64.7 Å². The monoisotopic (exact) mass is 336 g/mol. The average Bonchev–Trinajstić information content (AvgIpc) is 2.61. The fraction of sp³-hybridized carbons (Fsp3) is 0.333. The van der Waals surface area contributed by atoms with Crippen LogP contribution < -0.4 is 4.90 Å². The molecule has 0 atom stereocenters. The summed E-state index contributed by atoms with van der Waals surface area (Å²) in [6.45, 7) is 6.88. The van der Waals surface area contributed by atoms with Crippen LogP contribution in [0.2, 0.25) is 0 Å². The van der Waals surface area contributed by atoms with Gasteiger partial charge in [-0.25, -0.2) is 0 Å². The van der Waals surface area contributed by atoms with Gasteiger partial charge in [-0.3, -0.25) is 9.59 Å². The molecule has 3 rings (SSSR count). The highest BCUT2D eigenvalue weighted by Crippen LogP contribution is 2.23. The first-order valence-electron chi connectivity index (χ1n) is 8.65. The molecule has 0 unspecified atom stereocenters. The highest BCUT2D eigenvalue weighted by Gasteiger charge is 2.24. The van der Waals surface area contributed by atoms with Gasteiger partial charge in [0, 0.05) is 25.7 Å². The molecule has 0 saturated carbocycles. The van der Waals surface area contributed by atoms with Crippen LogP contribution in [0.4, 0.5) is 5.69 Å². The third kappa shape index (κ3) is 3.73. The van der Waals surface area contributed by atoms with Gasteiger partial charge in [0.05, 0.1) is 0 Å². The zero-order valence-electron chi connectivity index (χ0n) is 15.1. The van der Waals surface area contributed by atoms with Crippen LogP contribution in [0, 0.1) is 13.8 Å². The quantitative estimate of drug-likeness (QED) is 0.863. The van der Waals surface area contributed by atoms with Gasteiger partial charge < -0.3 is 9.80 Å². The van der Waals surface area contributed by atoms with E-state index in [0.29, 0.717) is 13.1 Å². The summed E-state index contributed by atoms with van der Waals surface area (Å²) in [4.78, 5) is 28.4. The molecule has 2 aromatic carbocycles. The second-order valence-corrected chi connectivity index (χ2v) is 6.73. The Morgan fingerprint density at radius 3 is 2.52 bits per heavy atom. The lowest BCUT2D eigenvalue weighted by molar-refractivity contribution is -0.132. The number of nitrogens with zero attached hydrogens (tertiary/aromatic N) is 2. The number of hydrogen-bond acceptors (Lipinski definition) is 2. The standard InChI is InChI=1S/C21H24N2O2/c1-15-8-9-16(2)20(12-15)23(17(3)24)14-21(25)22-11-10-18-6-4-5-7-19(18)13-22/h4-9,12H,10-11,13-14H2,1-3H3. The summed E-state index contributed by atoms with van der Waals surface area (Å²) in [6.07, 6.45) is 0.867. The third-order valence-corrected chi connectivity index (χ3v) is 4.81. The summed E-state index contributed by atoms with van der Waals surface area (Å²) in [5.74, 6) is -0.120. The van der Waals surface area contributed by atoms with E-state index in [1.54, 1.807) is 4.90 Å². The van der Waals surface area contributed by atoms with Gasteiger partial charge in [0.1, 0.15) is 6.54 Å². The Hall–Kier alpha value is -2.62. The molecule has 0 bridgehead atoms. The van der Waals surface area contributed by atoms with Crippen molar-refractivity contribution < 1.29 is 9.59 Å². The van der Waals surface area contributed by atoms with Crippen LogP contribution in [0.5, 0.6) is 0 Å². The molecule has 0 fully saturated rings. The first-order chi connectivity index (χ1) is 12.0. The molecule has 0 saturated heterocycles. The van der Waals surface area contributed by atoms with Crippen LogP contribution in [0.25, 0.3) is 0 Å². The van der Waals surface area contributed by atoms with Crippen LogP contribution >= 0.6 is 0 Å². The van der Waals surface area contributed by atoms with Crippen molar-refractivity contribution in [1.29, 1.82) is 0 Å². The van der Waals surface area contributed by atoms with E-state index in [0.717, 1.165) is 23.2 Å². The number of carbonyl (C=O) groups excluding carboxylic acids is 2. The maximum atomic E-state index is 12.8. The Kier molecular flexibility index (Phi) is 4.88. The molecule has 130 valence electrons. The second kappa shape index (κ2) is 7.09. The van der Waals surface area contributed by atoms with Gasteiger partial charge in [0.2, 0.25) is 11.8 Å². The second-order valence-electron chi connectivity index (χ2n) is 6.73. The number of anilines is 1. The molecule has 1 heterocycles. The maximum absolute atomic E-state index is 12.8. The van der Waals surface area contributed by atoms with Crippen LogP contribution in [-0.2, 0) is 22.6 Å². The number of benzene rings is 2. The summed E-state index contributed by atoms with van der Waals surface area (Å²) in [5.41, 5.74) is 5.40. The van der Waals surface area contributed by atoms with Crippen molar-refractivity contribution in [3.63, 3.8) is 0 Å². The van der Waals surface area contributed by atoms with Gasteiger partial charge in [-0.15, -0.1) is 0 Å². The number of rotatable bonds is 3. The first kappa shape index (κ1) is 17.2. The van der Waals surface area contributed by atoms with Crippen molar-refractivity contribution in [1.82, 2.24) is 4.90 Å². The van der Waals surface area contributed by atoms with Gasteiger partial charge >= 0.3 is 0 Å². The van der Waals surface area contributed by atoms with E-state index in [4.69, 9.17) is 0 Å². The number of amides is 2. The van der Waals surface area contributed by atoms with E-state index in [-0.39, 0.29) is 18.4 Å². The molecule has 0 radical (unpaired) electrons. The summed E-state index contributed by atoms with van der Waals surface area (Å²) in [7, 11) is 0. The Morgan fingerprint density at radius 1 is 1.08 bits per heavy atom. The van der Waals surface area contributed by atoms with E-state index in [9.17, 15) is 9.59 Å². The Bertz CT molecular complexity index is 813. The smallest absolute Gasteiger partial charge is 0.242 e. The lowest BCUT2D eigenvalue weighted by Gasteiger charge is -2.31. The predicted molar refractivity (Wildman–Crippen MR) is 99.5 cm³/mol. The largest absolute Gasteiger partial charge is 0.336 e. The van der Waals surface area contributed by atoms with Gasteiger partial charge in [0.15, 0.2) is 0 Å². The molecule has 0 spiro atoms. The molecule has 1 aliphatic heterocycles. The molecule has 4 nitrogen and oxygen atoms in total. The molecule has 25 heavy (non-hydrogen) atoms. The Morgan fingerprint density at radius 2 is 1.80 bits per heavy atom.